The van der Waals surface area contributed by atoms with Gasteiger partial charge in [0.1, 0.15) is 0 Å². The van der Waals surface area contributed by atoms with E-state index in [0.717, 1.165) is 11.1 Å². The molecule has 0 spiro atoms. The van der Waals surface area contributed by atoms with Crippen LogP contribution in [0.15, 0.2) is 71.8 Å². The summed E-state index contributed by atoms with van der Waals surface area (Å²) in [6.45, 7) is 7.53. The third-order valence-electron chi connectivity index (χ3n) is 6.26. The molecule has 3 rings (SSSR count). The van der Waals surface area contributed by atoms with Gasteiger partial charge in [0.2, 0.25) is 0 Å². The normalized spacial score (nSPS) is 26.3. The Balaban J connectivity index is 2.13. The van der Waals surface area contributed by atoms with Gasteiger partial charge in [-0.05, 0) is 49.0 Å². The highest BCUT2D eigenvalue weighted by Gasteiger charge is 2.57. The van der Waals surface area contributed by atoms with E-state index in [9.17, 15) is 9.59 Å². The summed E-state index contributed by atoms with van der Waals surface area (Å²) in [5.74, 6) is 0.189. The Morgan fingerprint density at radius 1 is 0.615 bits per heavy atom. The fraction of sp³-hybridized carbons (Fsp3) is 0.333. The van der Waals surface area contributed by atoms with Gasteiger partial charge in [0.25, 0.3) is 0 Å². The minimum Gasteiger partial charge on any atom is -0.294 e. The molecule has 2 aromatic carbocycles. The molecule has 0 saturated carbocycles. The monoisotopic (exact) mass is 346 g/mol. The second-order valence-electron chi connectivity index (χ2n) is 7.90. The van der Waals surface area contributed by atoms with Crippen LogP contribution in [0, 0.1) is 10.8 Å². The van der Waals surface area contributed by atoms with Crippen molar-refractivity contribution in [1.29, 1.82) is 0 Å². The number of benzene rings is 2. The van der Waals surface area contributed by atoms with Gasteiger partial charge in [-0.2, -0.15) is 0 Å². The fourth-order valence-electron chi connectivity index (χ4n) is 4.23. The van der Waals surface area contributed by atoms with Crippen LogP contribution in [0.2, 0.25) is 0 Å². The number of hydrogen-bond donors (Lipinski definition) is 0. The summed E-state index contributed by atoms with van der Waals surface area (Å²) < 4.78 is 0. The molecule has 2 unspecified atom stereocenters. The SMILES string of the molecule is CC1=C(C)C(=O)C(C)(Cc2ccccc2)C(C)(Cc2ccccc2)C1=O. The van der Waals surface area contributed by atoms with Crippen molar-refractivity contribution in [2.45, 2.75) is 40.5 Å². The first kappa shape index (κ1) is 18.3. The predicted molar refractivity (Wildman–Crippen MR) is 105 cm³/mol. The quantitative estimate of drug-likeness (QED) is 0.783. The van der Waals surface area contributed by atoms with Gasteiger partial charge in [0, 0.05) is 10.8 Å². The lowest BCUT2D eigenvalue weighted by Crippen LogP contribution is -2.55. The van der Waals surface area contributed by atoms with Crippen LogP contribution in [0.5, 0.6) is 0 Å². The molecule has 0 heterocycles. The summed E-state index contributed by atoms with van der Waals surface area (Å²) in [7, 11) is 0. The van der Waals surface area contributed by atoms with Crippen LogP contribution in [0.25, 0.3) is 0 Å². The molecular formula is C24H26O2. The van der Waals surface area contributed by atoms with Gasteiger partial charge in [0.15, 0.2) is 11.6 Å². The molecule has 0 N–H and O–H groups in total. The molecule has 2 heteroatoms. The van der Waals surface area contributed by atoms with Gasteiger partial charge in [-0.25, -0.2) is 0 Å². The molecule has 0 radical (unpaired) electrons. The zero-order valence-electron chi connectivity index (χ0n) is 16.0. The summed E-state index contributed by atoms with van der Waals surface area (Å²) >= 11 is 0. The van der Waals surface area contributed by atoms with Gasteiger partial charge >= 0.3 is 0 Å². The molecule has 26 heavy (non-hydrogen) atoms. The van der Waals surface area contributed by atoms with E-state index in [2.05, 4.69) is 0 Å². The lowest BCUT2D eigenvalue weighted by molar-refractivity contribution is -0.145. The average molecular weight is 346 g/mol. The second-order valence-corrected chi connectivity index (χ2v) is 7.90. The van der Waals surface area contributed by atoms with Crippen LogP contribution in [0.4, 0.5) is 0 Å². The Labute approximate surface area is 155 Å². The number of ketones is 2. The van der Waals surface area contributed by atoms with Crippen molar-refractivity contribution in [3.8, 4) is 0 Å². The summed E-state index contributed by atoms with van der Waals surface area (Å²) in [5, 5.41) is 0. The molecule has 2 atom stereocenters. The molecule has 1 aliphatic carbocycles. The Hall–Kier alpha value is -2.48. The first-order valence-corrected chi connectivity index (χ1v) is 9.14. The van der Waals surface area contributed by atoms with Gasteiger partial charge in [-0.3, -0.25) is 9.59 Å². The van der Waals surface area contributed by atoms with Gasteiger partial charge < -0.3 is 0 Å². The predicted octanol–water partition coefficient (Wildman–Crippen LogP) is 4.97. The van der Waals surface area contributed by atoms with Crippen molar-refractivity contribution >= 4 is 11.6 Å². The molecule has 2 aromatic rings. The highest BCUT2D eigenvalue weighted by atomic mass is 16.1. The largest absolute Gasteiger partial charge is 0.294 e. The van der Waals surface area contributed by atoms with E-state index < -0.39 is 10.8 Å². The summed E-state index contributed by atoms with van der Waals surface area (Å²) in [6.07, 6.45) is 1.12. The third-order valence-corrected chi connectivity index (χ3v) is 6.26. The van der Waals surface area contributed by atoms with Crippen LogP contribution >= 0.6 is 0 Å². The molecule has 0 aliphatic heterocycles. The number of rotatable bonds is 4. The topological polar surface area (TPSA) is 34.1 Å². The van der Waals surface area contributed by atoms with Crippen LogP contribution in [-0.4, -0.2) is 11.6 Å². The van der Waals surface area contributed by atoms with Crippen LogP contribution in [-0.2, 0) is 22.4 Å². The Morgan fingerprint density at radius 2 is 0.923 bits per heavy atom. The molecule has 0 amide bonds. The van der Waals surface area contributed by atoms with E-state index >= 15 is 0 Å². The minimum absolute atomic E-state index is 0.0943. The fourth-order valence-corrected chi connectivity index (χ4v) is 4.23. The summed E-state index contributed by atoms with van der Waals surface area (Å²) in [4.78, 5) is 26.8. The van der Waals surface area contributed by atoms with E-state index in [1.165, 1.54) is 0 Å². The van der Waals surface area contributed by atoms with Crippen LogP contribution in [0.1, 0.15) is 38.8 Å². The zero-order valence-corrected chi connectivity index (χ0v) is 16.0. The lowest BCUT2D eigenvalue weighted by atomic mass is 9.52. The highest BCUT2D eigenvalue weighted by molar-refractivity contribution is 6.16. The van der Waals surface area contributed by atoms with E-state index in [1.54, 1.807) is 13.8 Å². The van der Waals surface area contributed by atoms with Crippen LogP contribution < -0.4 is 0 Å². The summed E-state index contributed by atoms with van der Waals surface area (Å²) in [6, 6.07) is 20.0. The van der Waals surface area contributed by atoms with E-state index in [-0.39, 0.29) is 11.6 Å². The number of hydrogen-bond acceptors (Lipinski definition) is 2. The molecule has 0 bridgehead atoms. The summed E-state index contributed by atoms with van der Waals surface area (Å²) in [5.41, 5.74) is 1.85. The molecule has 134 valence electrons. The molecule has 2 nitrogen and oxygen atoms in total. The number of carbonyl (C=O) groups excluding carboxylic acids is 2. The van der Waals surface area contributed by atoms with E-state index in [4.69, 9.17) is 0 Å². The smallest absolute Gasteiger partial charge is 0.166 e. The maximum Gasteiger partial charge on any atom is 0.166 e. The van der Waals surface area contributed by atoms with Crippen molar-refractivity contribution in [3.63, 3.8) is 0 Å². The van der Waals surface area contributed by atoms with Crippen molar-refractivity contribution in [1.82, 2.24) is 0 Å². The lowest BCUT2D eigenvalue weighted by Gasteiger charge is -2.48. The zero-order chi connectivity index (χ0) is 18.9. The Bertz CT molecular complexity index is 790. The molecule has 0 fully saturated rings. The first-order valence-electron chi connectivity index (χ1n) is 9.14. The maximum absolute atomic E-state index is 13.4. The van der Waals surface area contributed by atoms with Gasteiger partial charge in [-0.1, -0.05) is 74.5 Å². The van der Waals surface area contributed by atoms with Gasteiger partial charge in [0.05, 0.1) is 0 Å². The Morgan fingerprint density at radius 3 is 1.23 bits per heavy atom. The van der Waals surface area contributed by atoms with E-state index in [1.807, 2.05) is 74.5 Å². The van der Waals surface area contributed by atoms with E-state index in [0.29, 0.717) is 24.0 Å². The number of Topliss-reactive ketones (excluding diaryl/α,β-unsaturated/α-hetero) is 2. The van der Waals surface area contributed by atoms with Crippen molar-refractivity contribution in [2.75, 3.05) is 0 Å². The third kappa shape index (κ3) is 2.84. The molecule has 0 saturated heterocycles. The first-order chi connectivity index (χ1) is 12.3. The molecular weight excluding hydrogens is 320 g/mol. The van der Waals surface area contributed by atoms with Crippen LogP contribution in [0.3, 0.4) is 0 Å². The standard InChI is InChI=1S/C24H26O2/c1-17-18(2)22(26)24(4,16-20-13-9-6-10-14-20)23(3,21(17)25)15-19-11-7-5-8-12-19/h5-14H,15-16H2,1-4H3. The number of allylic oxidation sites excluding steroid dienone is 2. The minimum atomic E-state index is -0.773. The molecule has 1 aliphatic rings. The van der Waals surface area contributed by atoms with Crippen molar-refractivity contribution in [2.24, 2.45) is 10.8 Å². The second kappa shape index (κ2) is 6.68. The Kier molecular flexibility index (Phi) is 4.70. The maximum atomic E-state index is 13.4. The number of carbonyl (C=O) groups is 2. The molecule has 0 aromatic heterocycles. The van der Waals surface area contributed by atoms with Gasteiger partial charge in [-0.15, -0.1) is 0 Å². The van der Waals surface area contributed by atoms with Crippen molar-refractivity contribution in [3.05, 3.63) is 82.9 Å². The van der Waals surface area contributed by atoms with Crippen molar-refractivity contribution < 1.29 is 9.59 Å². The average Bonchev–Trinajstić information content (AvgIpc) is 2.66. The highest BCUT2D eigenvalue weighted by Crippen LogP contribution is 2.51.